The van der Waals surface area contributed by atoms with E-state index in [0.717, 1.165) is 5.56 Å². The first-order valence-electron chi connectivity index (χ1n) is 7.42. The minimum atomic E-state index is -3.18. The number of rotatable bonds is 3. The van der Waals surface area contributed by atoms with Crippen LogP contribution >= 0.6 is 0 Å². The van der Waals surface area contributed by atoms with Gasteiger partial charge in [0, 0.05) is 26.2 Å². The minimum Gasteiger partial charge on any atom is -0.291 e. The SMILES string of the molecule is Cc1ccc2c(c1)C(=O)C(=O)N2CN1CCN(S(C)(=O)=O)CC1. The molecule has 0 saturated carbocycles. The third-order valence-corrected chi connectivity index (χ3v) is 5.57. The summed E-state index contributed by atoms with van der Waals surface area (Å²) in [6.45, 7) is 4.05. The van der Waals surface area contributed by atoms with Gasteiger partial charge in [0.05, 0.1) is 24.2 Å². The van der Waals surface area contributed by atoms with Crippen molar-refractivity contribution in [2.24, 2.45) is 0 Å². The van der Waals surface area contributed by atoms with Crippen LogP contribution in [0, 0.1) is 6.92 Å². The van der Waals surface area contributed by atoms with Gasteiger partial charge in [0.15, 0.2) is 0 Å². The number of anilines is 1. The average molecular weight is 337 g/mol. The second-order valence-corrected chi connectivity index (χ2v) is 7.99. The number of aryl methyl sites for hydroxylation is 1. The fourth-order valence-electron chi connectivity index (χ4n) is 2.96. The monoisotopic (exact) mass is 337 g/mol. The molecular weight excluding hydrogens is 318 g/mol. The van der Waals surface area contributed by atoms with E-state index in [0.29, 0.717) is 44.1 Å². The molecule has 2 aliphatic heterocycles. The molecule has 0 aromatic heterocycles. The summed E-state index contributed by atoms with van der Waals surface area (Å²) < 4.78 is 24.5. The van der Waals surface area contributed by atoms with Gasteiger partial charge in [-0.25, -0.2) is 8.42 Å². The number of carbonyl (C=O) groups is 2. The first-order valence-corrected chi connectivity index (χ1v) is 9.26. The molecule has 23 heavy (non-hydrogen) atoms. The number of sulfonamides is 1. The fraction of sp³-hybridized carbons (Fsp3) is 0.467. The van der Waals surface area contributed by atoms with Gasteiger partial charge in [-0.05, 0) is 19.1 Å². The first-order chi connectivity index (χ1) is 10.8. The molecule has 0 spiro atoms. The average Bonchev–Trinajstić information content (AvgIpc) is 2.72. The van der Waals surface area contributed by atoms with Crippen LogP contribution in [0.5, 0.6) is 0 Å². The Balaban J connectivity index is 1.73. The van der Waals surface area contributed by atoms with Crippen LogP contribution < -0.4 is 4.90 Å². The summed E-state index contributed by atoms with van der Waals surface area (Å²) >= 11 is 0. The Labute approximate surface area is 135 Å². The summed E-state index contributed by atoms with van der Waals surface area (Å²) in [5.41, 5.74) is 2.02. The highest BCUT2D eigenvalue weighted by atomic mass is 32.2. The zero-order valence-electron chi connectivity index (χ0n) is 13.2. The predicted octanol–water partition coefficient (Wildman–Crippen LogP) is 0.0590. The van der Waals surface area contributed by atoms with Crippen molar-refractivity contribution in [2.75, 3.05) is 44.0 Å². The second kappa shape index (κ2) is 5.70. The lowest BCUT2D eigenvalue weighted by Crippen LogP contribution is -2.52. The topological polar surface area (TPSA) is 78.0 Å². The lowest BCUT2D eigenvalue weighted by Gasteiger charge is -2.35. The molecule has 0 radical (unpaired) electrons. The molecule has 1 saturated heterocycles. The molecule has 124 valence electrons. The van der Waals surface area contributed by atoms with E-state index >= 15 is 0 Å². The third-order valence-electron chi connectivity index (χ3n) is 4.27. The molecule has 2 heterocycles. The lowest BCUT2D eigenvalue weighted by molar-refractivity contribution is -0.114. The zero-order valence-corrected chi connectivity index (χ0v) is 14.0. The van der Waals surface area contributed by atoms with Gasteiger partial charge >= 0.3 is 5.91 Å². The molecule has 0 unspecified atom stereocenters. The molecule has 1 amide bonds. The van der Waals surface area contributed by atoms with Crippen molar-refractivity contribution in [2.45, 2.75) is 6.92 Å². The molecule has 1 aromatic rings. The summed E-state index contributed by atoms with van der Waals surface area (Å²) in [5.74, 6) is -0.991. The number of piperazine rings is 1. The number of Topliss-reactive ketones (excluding diaryl/α,β-unsaturated/α-hetero) is 1. The minimum absolute atomic E-state index is 0.304. The second-order valence-electron chi connectivity index (χ2n) is 6.00. The summed E-state index contributed by atoms with van der Waals surface area (Å²) in [6.07, 6.45) is 1.20. The van der Waals surface area contributed by atoms with Crippen molar-refractivity contribution in [3.8, 4) is 0 Å². The zero-order chi connectivity index (χ0) is 16.8. The Bertz CT molecular complexity index is 767. The van der Waals surface area contributed by atoms with Gasteiger partial charge < -0.3 is 0 Å². The van der Waals surface area contributed by atoms with E-state index in [1.807, 2.05) is 17.9 Å². The maximum atomic E-state index is 12.2. The number of benzene rings is 1. The molecule has 1 aromatic carbocycles. The summed E-state index contributed by atoms with van der Waals surface area (Å²) in [7, 11) is -3.18. The van der Waals surface area contributed by atoms with Crippen molar-refractivity contribution in [3.05, 3.63) is 29.3 Å². The van der Waals surface area contributed by atoms with Crippen LogP contribution in [0.15, 0.2) is 18.2 Å². The molecule has 0 N–H and O–H groups in total. The third kappa shape index (κ3) is 3.01. The quantitative estimate of drug-likeness (QED) is 0.729. The van der Waals surface area contributed by atoms with Gasteiger partial charge in [0.2, 0.25) is 10.0 Å². The van der Waals surface area contributed by atoms with Crippen LogP contribution in [0.4, 0.5) is 5.69 Å². The van der Waals surface area contributed by atoms with E-state index in [1.54, 1.807) is 12.1 Å². The Hall–Kier alpha value is -1.77. The Morgan fingerprint density at radius 2 is 1.74 bits per heavy atom. The van der Waals surface area contributed by atoms with Crippen molar-refractivity contribution in [3.63, 3.8) is 0 Å². The highest BCUT2D eigenvalue weighted by Crippen LogP contribution is 2.29. The first kappa shape index (κ1) is 16.1. The summed E-state index contributed by atoms with van der Waals surface area (Å²) in [4.78, 5) is 27.8. The van der Waals surface area contributed by atoms with Gasteiger partial charge in [-0.15, -0.1) is 0 Å². The van der Waals surface area contributed by atoms with Gasteiger partial charge in [-0.2, -0.15) is 4.31 Å². The van der Waals surface area contributed by atoms with E-state index in [4.69, 9.17) is 0 Å². The fourth-order valence-corrected chi connectivity index (χ4v) is 3.78. The van der Waals surface area contributed by atoms with E-state index in [9.17, 15) is 18.0 Å². The van der Waals surface area contributed by atoms with Crippen LogP contribution in [0.1, 0.15) is 15.9 Å². The van der Waals surface area contributed by atoms with E-state index in [-0.39, 0.29) is 0 Å². The number of amides is 1. The van der Waals surface area contributed by atoms with Gasteiger partial charge in [0.25, 0.3) is 5.78 Å². The molecule has 3 rings (SSSR count). The molecule has 7 nitrogen and oxygen atoms in total. The summed E-state index contributed by atoms with van der Waals surface area (Å²) in [5, 5.41) is 0. The van der Waals surface area contributed by atoms with E-state index < -0.39 is 21.7 Å². The number of fused-ring (bicyclic) bond motifs is 1. The maximum Gasteiger partial charge on any atom is 0.300 e. The number of hydrogen-bond donors (Lipinski definition) is 0. The Kier molecular flexibility index (Phi) is 3.99. The van der Waals surface area contributed by atoms with Crippen LogP contribution in [-0.4, -0.2) is 68.4 Å². The molecule has 1 fully saturated rings. The number of hydrogen-bond acceptors (Lipinski definition) is 5. The number of carbonyl (C=O) groups excluding carboxylic acids is 2. The largest absolute Gasteiger partial charge is 0.300 e. The molecule has 0 atom stereocenters. The highest BCUT2D eigenvalue weighted by molar-refractivity contribution is 7.88. The van der Waals surface area contributed by atoms with Crippen molar-refractivity contribution >= 4 is 27.4 Å². The molecule has 2 aliphatic rings. The lowest BCUT2D eigenvalue weighted by atomic mass is 10.1. The molecular formula is C15H19N3O4S. The van der Waals surface area contributed by atoms with Crippen molar-refractivity contribution in [1.29, 1.82) is 0 Å². The smallest absolute Gasteiger partial charge is 0.291 e. The normalized spacial score (nSPS) is 20.2. The van der Waals surface area contributed by atoms with E-state index in [2.05, 4.69) is 0 Å². The number of nitrogens with zero attached hydrogens (tertiary/aromatic N) is 3. The van der Waals surface area contributed by atoms with Crippen LogP contribution in [0.3, 0.4) is 0 Å². The predicted molar refractivity (Wildman–Crippen MR) is 85.9 cm³/mol. The van der Waals surface area contributed by atoms with Gasteiger partial charge in [-0.3, -0.25) is 19.4 Å². The van der Waals surface area contributed by atoms with Gasteiger partial charge in [-0.1, -0.05) is 11.6 Å². The standard InChI is InChI=1S/C15H19N3O4S/c1-11-3-4-13-12(9-11)14(19)15(20)18(13)10-16-5-7-17(8-6-16)23(2,21)22/h3-4,9H,5-8,10H2,1-2H3. The molecule has 0 bridgehead atoms. The van der Waals surface area contributed by atoms with Crippen molar-refractivity contribution < 1.29 is 18.0 Å². The van der Waals surface area contributed by atoms with Crippen molar-refractivity contribution in [1.82, 2.24) is 9.21 Å². The number of ketones is 1. The molecule has 0 aliphatic carbocycles. The van der Waals surface area contributed by atoms with Gasteiger partial charge in [0.1, 0.15) is 0 Å². The Morgan fingerprint density at radius 3 is 2.35 bits per heavy atom. The Morgan fingerprint density at radius 1 is 1.09 bits per heavy atom. The van der Waals surface area contributed by atoms with E-state index in [1.165, 1.54) is 15.5 Å². The van der Waals surface area contributed by atoms with Crippen LogP contribution in [0.2, 0.25) is 0 Å². The highest BCUT2D eigenvalue weighted by Gasteiger charge is 2.37. The maximum absolute atomic E-state index is 12.2. The molecule has 8 heteroatoms. The van der Waals surface area contributed by atoms with Crippen LogP contribution in [0.25, 0.3) is 0 Å². The summed E-state index contributed by atoms with van der Waals surface area (Å²) in [6, 6.07) is 5.40. The van der Waals surface area contributed by atoms with Crippen LogP contribution in [-0.2, 0) is 14.8 Å².